The SMILES string of the molecule is COc1ccc(CNC(=O)C2CC2C(=O)N2CCN(C(C)=O)CC2)cc1OC. The lowest BCUT2D eigenvalue weighted by molar-refractivity contribution is -0.140. The zero-order chi connectivity index (χ0) is 20.3. The highest BCUT2D eigenvalue weighted by Gasteiger charge is 2.49. The molecule has 28 heavy (non-hydrogen) atoms. The maximum absolute atomic E-state index is 12.6. The number of amides is 3. The Morgan fingerprint density at radius 3 is 2.25 bits per heavy atom. The molecule has 0 bridgehead atoms. The van der Waals surface area contributed by atoms with Crippen LogP contribution in [0.3, 0.4) is 0 Å². The maximum atomic E-state index is 12.6. The molecule has 2 atom stereocenters. The van der Waals surface area contributed by atoms with Gasteiger partial charge in [0, 0.05) is 39.6 Å². The van der Waals surface area contributed by atoms with E-state index in [0.717, 1.165) is 5.56 Å². The van der Waals surface area contributed by atoms with Crippen LogP contribution in [0.15, 0.2) is 18.2 Å². The van der Waals surface area contributed by atoms with Gasteiger partial charge in [-0.05, 0) is 24.1 Å². The van der Waals surface area contributed by atoms with Crippen LogP contribution in [0.1, 0.15) is 18.9 Å². The van der Waals surface area contributed by atoms with Crippen LogP contribution >= 0.6 is 0 Å². The van der Waals surface area contributed by atoms with Gasteiger partial charge in [-0.15, -0.1) is 0 Å². The van der Waals surface area contributed by atoms with Crippen molar-refractivity contribution in [2.24, 2.45) is 11.8 Å². The fourth-order valence-corrected chi connectivity index (χ4v) is 3.54. The van der Waals surface area contributed by atoms with Crippen LogP contribution in [0.2, 0.25) is 0 Å². The monoisotopic (exact) mass is 389 g/mol. The largest absolute Gasteiger partial charge is 0.493 e. The molecule has 0 spiro atoms. The zero-order valence-corrected chi connectivity index (χ0v) is 16.6. The van der Waals surface area contributed by atoms with Crippen molar-refractivity contribution in [3.63, 3.8) is 0 Å². The number of methoxy groups -OCH3 is 2. The summed E-state index contributed by atoms with van der Waals surface area (Å²) in [6, 6.07) is 5.49. The standard InChI is InChI=1S/C20H27N3O5/c1-13(24)22-6-8-23(9-7-22)20(26)16-11-15(16)19(25)21-12-14-4-5-17(27-2)18(10-14)28-3/h4-5,10,15-16H,6-9,11-12H2,1-3H3,(H,21,25). The Hall–Kier alpha value is -2.77. The molecule has 1 aromatic rings. The summed E-state index contributed by atoms with van der Waals surface area (Å²) in [6.07, 6.45) is 0.587. The molecule has 1 heterocycles. The number of ether oxygens (including phenoxy) is 2. The average Bonchev–Trinajstić information content (AvgIpc) is 3.52. The summed E-state index contributed by atoms with van der Waals surface area (Å²) in [4.78, 5) is 39.9. The number of piperazine rings is 1. The van der Waals surface area contributed by atoms with Gasteiger partial charge in [0.25, 0.3) is 0 Å². The number of rotatable bonds is 6. The molecule has 2 fully saturated rings. The number of carbonyl (C=O) groups is 3. The van der Waals surface area contributed by atoms with E-state index in [0.29, 0.717) is 50.6 Å². The summed E-state index contributed by atoms with van der Waals surface area (Å²) in [5, 5.41) is 2.90. The molecular weight excluding hydrogens is 362 g/mol. The van der Waals surface area contributed by atoms with Crippen molar-refractivity contribution in [1.82, 2.24) is 15.1 Å². The molecule has 3 amide bonds. The van der Waals surface area contributed by atoms with E-state index in [1.165, 1.54) is 6.92 Å². The minimum atomic E-state index is -0.265. The molecule has 0 radical (unpaired) electrons. The topological polar surface area (TPSA) is 88.2 Å². The number of nitrogens with zero attached hydrogens (tertiary/aromatic N) is 2. The van der Waals surface area contributed by atoms with Gasteiger partial charge in [-0.3, -0.25) is 14.4 Å². The molecule has 1 aromatic carbocycles. The second-order valence-electron chi connectivity index (χ2n) is 7.19. The molecular formula is C20H27N3O5. The van der Waals surface area contributed by atoms with Crippen molar-refractivity contribution in [1.29, 1.82) is 0 Å². The Kier molecular flexibility index (Phi) is 6.06. The lowest BCUT2D eigenvalue weighted by Gasteiger charge is -2.34. The highest BCUT2D eigenvalue weighted by molar-refractivity contribution is 5.92. The van der Waals surface area contributed by atoms with Crippen molar-refractivity contribution in [3.05, 3.63) is 23.8 Å². The molecule has 1 aliphatic heterocycles. The first-order chi connectivity index (χ1) is 13.4. The first-order valence-corrected chi connectivity index (χ1v) is 9.47. The summed E-state index contributed by atoms with van der Waals surface area (Å²) in [5.41, 5.74) is 0.898. The van der Waals surface area contributed by atoms with Crippen molar-refractivity contribution < 1.29 is 23.9 Å². The molecule has 2 aliphatic rings. The normalized spacial score (nSPS) is 21.1. The van der Waals surface area contributed by atoms with Crippen molar-refractivity contribution in [3.8, 4) is 11.5 Å². The van der Waals surface area contributed by atoms with Gasteiger partial charge in [-0.2, -0.15) is 0 Å². The minimum Gasteiger partial charge on any atom is -0.493 e. The lowest BCUT2D eigenvalue weighted by Crippen LogP contribution is -2.50. The number of hydrogen-bond donors (Lipinski definition) is 1. The van der Waals surface area contributed by atoms with E-state index >= 15 is 0 Å². The highest BCUT2D eigenvalue weighted by Crippen LogP contribution is 2.40. The highest BCUT2D eigenvalue weighted by atomic mass is 16.5. The third kappa shape index (κ3) is 4.37. The molecule has 152 valence electrons. The van der Waals surface area contributed by atoms with Gasteiger partial charge in [-0.1, -0.05) is 6.07 Å². The van der Waals surface area contributed by atoms with Gasteiger partial charge in [-0.25, -0.2) is 0 Å². The van der Waals surface area contributed by atoms with E-state index in [2.05, 4.69) is 5.32 Å². The molecule has 1 saturated carbocycles. The van der Waals surface area contributed by atoms with Gasteiger partial charge >= 0.3 is 0 Å². The number of carbonyl (C=O) groups excluding carboxylic acids is 3. The Morgan fingerprint density at radius 1 is 1.00 bits per heavy atom. The lowest BCUT2D eigenvalue weighted by atomic mass is 10.2. The maximum Gasteiger partial charge on any atom is 0.226 e. The number of hydrogen-bond acceptors (Lipinski definition) is 5. The third-order valence-corrected chi connectivity index (χ3v) is 5.40. The van der Waals surface area contributed by atoms with Crippen molar-refractivity contribution >= 4 is 17.7 Å². The van der Waals surface area contributed by atoms with Gasteiger partial charge in [0.15, 0.2) is 11.5 Å². The zero-order valence-electron chi connectivity index (χ0n) is 16.6. The molecule has 0 aromatic heterocycles. The third-order valence-electron chi connectivity index (χ3n) is 5.40. The average molecular weight is 389 g/mol. The minimum absolute atomic E-state index is 0.0227. The van der Waals surface area contributed by atoms with E-state index in [-0.39, 0.29) is 29.6 Å². The molecule has 8 nitrogen and oxygen atoms in total. The summed E-state index contributed by atoms with van der Waals surface area (Å²) in [6.45, 7) is 4.10. The predicted molar refractivity (Wildman–Crippen MR) is 102 cm³/mol. The second-order valence-corrected chi connectivity index (χ2v) is 7.19. The predicted octanol–water partition coefficient (Wildman–Crippen LogP) is 0.647. The van der Waals surface area contributed by atoms with Crippen LogP contribution in [0.5, 0.6) is 11.5 Å². The van der Waals surface area contributed by atoms with Crippen LogP contribution in [0.25, 0.3) is 0 Å². The fourth-order valence-electron chi connectivity index (χ4n) is 3.54. The Morgan fingerprint density at radius 2 is 1.64 bits per heavy atom. The van der Waals surface area contributed by atoms with E-state index in [1.54, 1.807) is 30.1 Å². The first-order valence-electron chi connectivity index (χ1n) is 9.47. The van der Waals surface area contributed by atoms with Crippen LogP contribution in [0.4, 0.5) is 0 Å². The summed E-state index contributed by atoms with van der Waals surface area (Å²) >= 11 is 0. The Labute approximate surface area is 164 Å². The molecule has 1 aliphatic carbocycles. The van der Waals surface area contributed by atoms with Crippen molar-refractivity contribution in [2.45, 2.75) is 19.9 Å². The van der Waals surface area contributed by atoms with E-state index < -0.39 is 0 Å². The number of benzene rings is 1. The van der Waals surface area contributed by atoms with Gasteiger partial charge in [0.05, 0.1) is 26.1 Å². The van der Waals surface area contributed by atoms with Gasteiger partial charge in [0.2, 0.25) is 17.7 Å². The quantitative estimate of drug-likeness (QED) is 0.772. The summed E-state index contributed by atoms with van der Waals surface area (Å²) in [7, 11) is 3.14. The Bertz CT molecular complexity index is 758. The van der Waals surface area contributed by atoms with E-state index in [9.17, 15) is 14.4 Å². The number of nitrogens with one attached hydrogen (secondary N) is 1. The van der Waals surface area contributed by atoms with E-state index in [1.807, 2.05) is 12.1 Å². The smallest absolute Gasteiger partial charge is 0.226 e. The van der Waals surface area contributed by atoms with Crippen LogP contribution in [0, 0.1) is 11.8 Å². The summed E-state index contributed by atoms with van der Waals surface area (Å²) in [5.74, 6) is 0.692. The van der Waals surface area contributed by atoms with E-state index in [4.69, 9.17) is 9.47 Å². The molecule has 3 rings (SSSR count). The van der Waals surface area contributed by atoms with Crippen LogP contribution < -0.4 is 14.8 Å². The van der Waals surface area contributed by atoms with Gasteiger partial charge in [0.1, 0.15) is 0 Å². The van der Waals surface area contributed by atoms with Crippen LogP contribution in [-0.2, 0) is 20.9 Å². The molecule has 8 heteroatoms. The van der Waals surface area contributed by atoms with Crippen molar-refractivity contribution in [2.75, 3.05) is 40.4 Å². The molecule has 1 N–H and O–H groups in total. The fraction of sp³-hybridized carbons (Fsp3) is 0.550. The van der Waals surface area contributed by atoms with Crippen LogP contribution in [-0.4, -0.2) is 67.9 Å². The molecule has 2 unspecified atom stereocenters. The summed E-state index contributed by atoms with van der Waals surface area (Å²) < 4.78 is 10.5. The second kappa shape index (κ2) is 8.50. The Balaban J connectivity index is 1.47. The first kappa shape index (κ1) is 20.0. The molecule has 1 saturated heterocycles. The van der Waals surface area contributed by atoms with Gasteiger partial charge < -0.3 is 24.6 Å².